The van der Waals surface area contributed by atoms with Crippen LogP contribution >= 0.6 is 0 Å². The third kappa shape index (κ3) is 4.44. The van der Waals surface area contributed by atoms with Gasteiger partial charge in [-0.2, -0.15) is 0 Å². The molecule has 2 aromatic carbocycles. The number of unbranched alkanes of at least 4 members (excludes halogenated alkanes) is 1. The Morgan fingerprint density at radius 1 is 1.12 bits per heavy atom. The third-order valence-electron chi connectivity index (χ3n) is 3.96. The minimum Gasteiger partial charge on any atom is -0.478 e. The van der Waals surface area contributed by atoms with E-state index in [4.69, 9.17) is 4.74 Å². The fraction of sp³-hybridized carbons (Fsp3) is 0.300. The van der Waals surface area contributed by atoms with E-state index in [1.165, 1.54) is 6.07 Å². The SMILES string of the molecule is CCCCc1ccc(C(=O)O)c(OC(=O)C(C)c2ccccc2)c1. The van der Waals surface area contributed by atoms with Crippen molar-refractivity contribution in [2.75, 3.05) is 0 Å². The molecule has 0 spiro atoms. The molecule has 4 nitrogen and oxygen atoms in total. The van der Waals surface area contributed by atoms with Crippen molar-refractivity contribution in [3.63, 3.8) is 0 Å². The fourth-order valence-electron chi connectivity index (χ4n) is 2.44. The van der Waals surface area contributed by atoms with E-state index in [1.54, 1.807) is 19.1 Å². The van der Waals surface area contributed by atoms with Gasteiger partial charge in [0.15, 0.2) is 0 Å². The molecule has 0 bridgehead atoms. The van der Waals surface area contributed by atoms with Gasteiger partial charge < -0.3 is 9.84 Å². The first-order valence-corrected chi connectivity index (χ1v) is 8.15. The van der Waals surface area contributed by atoms with Crippen LogP contribution in [0.1, 0.15) is 54.1 Å². The molecule has 4 heteroatoms. The zero-order valence-corrected chi connectivity index (χ0v) is 14.0. The lowest BCUT2D eigenvalue weighted by Crippen LogP contribution is -2.18. The molecule has 2 aromatic rings. The van der Waals surface area contributed by atoms with E-state index in [0.29, 0.717) is 0 Å². The first-order valence-electron chi connectivity index (χ1n) is 8.15. The molecule has 0 aliphatic rings. The lowest BCUT2D eigenvalue weighted by Gasteiger charge is -2.14. The molecule has 2 rings (SSSR count). The Hall–Kier alpha value is -2.62. The molecule has 24 heavy (non-hydrogen) atoms. The number of benzene rings is 2. The molecular formula is C20H22O4. The van der Waals surface area contributed by atoms with Crippen LogP contribution in [-0.2, 0) is 11.2 Å². The summed E-state index contributed by atoms with van der Waals surface area (Å²) in [7, 11) is 0. The Morgan fingerprint density at radius 2 is 1.83 bits per heavy atom. The molecule has 1 N–H and O–H groups in total. The van der Waals surface area contributed by atoms with Gasteiger partial charge in [-0.1, -0.05) is 49.7 Å². The summed E-state index contributed by atoms with van der Waals surface area (Å²) in [5.41, 5.74) is 1.81. The number of rotatable bonds is 7. The molecule has 126 valence electrons. The van der Waals surface area contributed by atoms with Gasteiger partial charge in [-0.25, -0.2) is 4.79 Å². The number of esters is 1. The van der Waals surface area contributed by atoms with E-state index in [-0.39, 0.29) is 11.3 Å². The summed E-state index contributed by atoms with van der Waals surface area (Å²) in [6.07, 6.45) is 2.87. The number of aryl methyl sites for hydroxylation is 1. The Balaban J connectivity index is 2.22. The molecule has 0 saturated heterocycles. The van der Waals surface area contributed by atoms with Gasteiger partial charge in [0.1, 0.15) is 11.3 Å². The van der Waals surface area contributed by atoms with Crippen molar-refractivity contribution in [3.05, 3.63) is 65.2 Å². The zero-order chi connectivity index (χ0) is 17.5. The van der Waals surface area contributed by atoms with Crippen LogP contribution in [0.25, 0.3) is 0 Å². The predicted octanol–water partition coefficient (Wildman–Crippen LogP) is 4.44. The van der Waals surface area contributed by atoms with Crippen molar-refractivity contribution < 1.29 is 19.4 Å². The van der Waals surface area contributed by atoms with Gasteiger partial charge in [0.2, 0.25) is 0 Å². The van der Waals surface area contributed by atoms with Gasteiger partial charge >= 0.3 is 11.9 Å². The van der Waals surface area contributed by atoms with Crippen LogP contribution in [0.3, 0.4) is 0 Å². The number of carbonyl (C=O) groups is 2. The second-order valence-corrected chi connectivity index (χ2v) is 5.79. The molecule has 0 aromatic heterocycles. The molecule has 0 heterocycles. The van der Waals surface area contributed by atoms with E-state index < -0.39 is 17.9 Å². The monoisotopic (exact) mass is 326 g/mol. The van der Waals surface area contributed by atoms with E-state index in [2.05, 4.69) is 6.92 Å². The Bertz CT molecular complexity index is 707. The van der Waals surface area contributed by atoms with E-state index in [9.17, 15) is 14.7 Å². The van der Waals surface area contributed by atoms with Crippen molar-refractivity contribution in [2.45, 2.75) is 39.0 Å². The van der Waals surface area contributed by atoms with Crippen LogP contribution in [0, 0.1) is 0 Å². The van der Waals surface area contributed by atoms with Crippen molar-refractivity contribution in [3.8, 4) is 5.75 Å². The molecule has 0 radical (unpaired) electrons. The number of hydrogen-bond acceptors (Lipinski definition) is 3. The third-order valence-corrected chi connectivity index (χ3v) is 3.96. The molecule has 0 aliphatic carbocycles. The molecule has 0 aliphatic heterocycles. The van der Waals surface area contributed by atoms with Crippen molar-refractivity contribution in [1.29, 1.82) is 0 Å². The Morgan fingerprint density at radius 3 is 2.46 bits per heavy atom. The van der Waals surface area contributed by atoms with Crippen LogP contribution < -0.4 is 4.74 Å². The van der Waals surface area contributed by atoms with Crippen LogP contribution in [-0.4, -0.2) is 17.0 Å². The number of ether oxygens (including phenoxy) is 1. The van der Waals surface area contributed by atoms with Crippen LogP contribution in [0.15, 0.2) is 48.5 Å². The summed E-state index contributed by atoms with van der Waals surface area (Å²) in [5.74, 6) is -1.92. The van der Waals surface area contributed by atoms with Gasteiger partial charge in [0.25, 0.3) is 0 Å². The van der Waals surface area contributed by atoms with Crippen LogP contribution in [0.5, 0.6) is 5.75 Å². The van der Waals surface area contributed by atoms with E-state index >= 15 is 0 Å². The molecular weight excluding hydrogens is 304 g/mol. The second kappa shape index (κ2) is 8.29. The lowest BCUT2D eigenvalue weighted by molar-refractivity contribution is -0.135. The minimum absolute atomic E-state index is 0.00357. The van der Waals surface area contributed by atoms with Gasteiger partial charge in [-0.05, 0) is 43.0 Å². The number of aromatic carboxylic acids is 1. The summed E-state index contributed by atoms with van der Waals surface area (Å²) in [6, 6.07) is 14.2. The zero-order valence-electron chi connectivity index (χ0n) is 14.0. The summed E-state index contributed by atoms with van der Waals surface area (Å²) in [5, 5.41) is 9.31. The number of hydrogen-bond donors (Lipinski definition) is 1. The van der Waals surface area contributed by atoms with Crippen LogP contribution in [0.4, 0.5) is 0 Å². The predicted molar refractivity (Wildman–Crippen MR) is 92.5 cm³/mol. The first-order chi connectivity index (χ1) is 11.5. The average Bonchev–Trinajstić information content (AvgIpc) is 2.59. The number of carbonyl (C=O) groups excluding carboxylic acids is 1. The second-order valence-electron chi connectivity index (χ2n) is 5.79. The maximum Gasteiger partial charge on any atom is 0.339 e. The average molecular weight is 326 g/mol. The van der Waals surface area contributed by atoms with Crippen molar-refractivity contribution >= 4 is 11.9 Å². The van der Waals surface area contributed by atoms with Gasteiger partial charge in [0, 0.05) is 0 Å². The fourth-order valence-corrected chi connectivity index (χ4v) is 2.44. The van der Waals surface area contributed by atoms with Gasteiger partial charge in [-0.3, -0.25) is 4.79 Å². The molecule has 1 unspecified atom stereocenters. The number of carboxylic acid groups (broad SMARTS) is 1. The summed E-state index contributed by atoms with van der Waals surface area (Å²) in [6.45, 7) is 3.84. The highest BCUT2D eigenvalue weighted by Crippen LogP contribution is 2.25. The molecule has 1 atom stereocenters. The van der Waals surface area contributed by atoms with E-state index in [1.807, 2.05) is 30.3 Å². The minimum atomic E-state index is -1.10. The summed E-state index contributed by atoms with van der Waals surface area (Å²) >= 11 is 0. The number of carboxylic acids is 1. The maximum atomic E-state index is 12.4. The quantitative estimate of drug-likeness (QED) is 0.603. The first kappa shape index (κ1) is 17.7. The van der Waals surface area contributed by atoms with Crippen molar-refractivity contribution in [2.24, 2.45) is 0 Å². The van der Waals surface area contributed by atoms with Crippen LogP contribution in [0.2, 0.25) is 0 Å². The van der Waals surface area contributed by atoms with Crippen molar-refractivity contribution in [1.82, 2.24) is 0 Å². The largest absolute Gasteiger partial charge is 0.478 e. The summed E-state index contributed by atoms with van der Waals surface area (Å²) in [4.78, 5) is 23.8. The standard InChI is InChI=1S/C20H22O4/c1-3-4-8-15-11-12-17(19(21)22)18(13-15)24-20(23)14(2)16-9-6-5-7-10-16/h5-7,9-14H,3-4,8H2,1-2H3,(H,21,22). The van der Waals surface area contributed by atoms with E-state index in [0.717, 1.165) is 30.4 Å². The summed E-state index contributed by atoms with van der Waals surface area (Å²) < 4.78 is 5.42. The topological polar surface area (TPSA) is 63.6 Å². The van der Waals surface area contributed by atoms with Gasteiger partial charge in [0.05, 0.1) is 5.92 Å². The Kier molecular flexibility index (Phi) is 6.13. The lowest BCUT2D eigenvalue weighted by atomic mass is 10.0. The molecule has 0 saturated carbocycles. The maximum absolute atomic E-state index is 12.4. The highest BCUT2D eigenvalue weighted by Gasteiger charge is 2.21. The molecule has 0 amide bonds. The normalized spacial score (nSPS) is 11.8. The Labute approximate surface area is 142 Å². The highest BCUT2D eigenvalue weighted by molar-refractivity contribution is 5.92. The smallest absolute Gasteiger partial charge is 0.339 e. The molecule has 0 fully saturated rings. The highest BCUT2D eigenvalue weighted by atomic mass is 16.5. The van der Waals surface area contributed by atoms with Gasteiger partial charge in [-0.15, -0.1) is 0 Å².